The van der Waals surface area contributed by atoms with Crippen LogP contribution in [0.25, 0.3) is 5.57 Å². The quantitative estimate of drug-likeness (QED) is 0.640. The van der Waals surface area contributed by atoms with E-state index in [-0.39, 0.29) is 5.57 Å². The van der Waals surface area contributed by atoms with Gasteiger partial charge in [0.2, 0.25) is 0 Å². The first kappa shape index (κ1) is 15.2. The summed E-state index contributed by atoms with van der Waals surface area (Å²) in [5, 5.41) is 2.71. The summed E-state index contributed by atoms with van der Waals surface area (Å²) in [7, 11) is -1.17. The van der Waals surface area contributed by atoms with E-state index < -0.39 is 30.0 Å². The van der Waals surface area contributed by atoms with Gasteiger partial charge in [-0.25, -0.2) is 4.39 Å². The Kier molecular flexibility index (Phi) is 3.24. The Morgan fingerprint density at radius 1 is 1.18 bits per heavy atom. The van der Waals surface area contributed by atoms with E-state index >= 15 is 0 Å². The van der Waals surface area contributed by atoms with Crippen molar-refractivity contribution < 1.29 is 18.5 Å². The molecule has 0 atom stereocenters. The molecule has 3 rings (SSSR count). The highest BCUT2D eigenvalue weighted by atomic mass is 19.1. The summed E-state index contributed by atoms with van der Waals surface area (Å²) in [6.45, 7) is 9.25. The average Bonchev–Trinajstić information content (AvgIpc) is 2.84. The molecule has 1 fully saturated rings. The lowest BCUT2D eigenvalue weighted by Gasteiger charge is -2.32. The third kappa shape index (κ3) is 2.09. The van der Waals surface area contributed by atoms with E-state index in [0.717, 1.165) is 5.56 Å². The number of fused-ring (bicyclic) bond motifs is 1. The molecule has 6 heteroatoms. The van der Waals surface area contributed by atoms with Crippen LogP contribution in [0.5, 0.6) is 0 Å². The highest BCUT2D eigenvalue weighted by Crippen LogP contribution is 2.42. The monoisotopic (exact) mass is 303 g/mol. The number of hydrogen-bond donors (Lipinski definition) is 1. The molecular formula is C16H19BFNO3. The molecule has 0 spiro atoms. The molecule has 2 heterocycles. The molecule has 2 aliphatic heterocycles. The van der Waals surface area contributed by atoms with Crippen molar-refractivity contribution in [2.45, 2.75) is 45.8 Å². The Balaban J connectivity index is 2.06. The fourth-order valence-electron chi connectivity index (χ4n) is 2.64. The lowest BCUT2D eigenvalue weighted by atomic mass is 9.83. The normalized spacial score (nSPS) is 24.3. The fourth-order valence-corrected chi connectivity index (χ4v) is 2.64. The first-order valence-corrected chi connectivity index (χ1v) is 7.31. The fraction of sp³-hybridized carbons (Fsp3) is 0.438. The molecule has 22 heavy (non-hydrogen) atoms. The molecule has 0 unspecified atom stereocenters. The molecule has 0 aromatic heterocycles. The van der Waals surface area contributed by atoms with Gasteiger partial charge in [0.15, 0.2) is 0 Å². The summed E-state index contributed by atoms with van der Waals surface area (Å²) >= 11 is 0. The molecule has 0 bridgehead atoms. The molecular weight excluding hydrogens is 284 g/mol. The number of para-hydroxylation sites is 1. The van der Waals surface area contributed by atoms with Gasteiger partial charge in [-0.05, 0) is 40.2 Å². The van der Waals surface area contributed by atoms with Crippen LogP contribution in [0.1, 0.15) is 38.8 Å². The molecule has 0 radical (unpaired) electrons. The number of benzene rings is 1. The number of carbonyl (C=O) groups excluding carboxylic acids is 1. The Bertz CT molecular complexity index is 681. The molecule has 1 N–H and O–H groups in total. The van der Waals surface area contributed by atoms with Crippen LogP contribution in [0.2, 0.25) is 0 Å². The van der Waals surface area contributed by atoms with E-state index in [4.69, 9.17) is 9.31 Å². The van der Waals surface area contributed by atoms with Crippen molar-refractivity contribution in [2.75, 3.05) is 5.32 Å². The van der Waals surface area contributed by atoms with E-state index in [1.165, 1.54) is 0 Å². The Morgan fingerprint density at radius 2 is 1.77 bits per heavy atom. The van der Waals surface area contributed by atoms with Gasteiger partial charge in [0.05, 0.1) is 22.5 Å². The molecule has 1 aromatic carbocycles. The number of halogens is 1. The van der Waals surface area contributed by atoms with Crippen molar-refractivity contribution in [2.24, 2.45) is 0 Å². The number of anilines is 1. The highest BCUT2D eigenvalue weighted by molar-refractivity contribution is 6.58. The largest absolute Gasteiger partial charge is 0.526 e. The second kappa shape index (κ2) is 4.67. The van der Waals surface area contributed by atoms with Gasteiger partial charge in [0, 0.05) is 5.56 Å². The number of carbonyl (C=O) groups is 1. The van der Waals surface area contributed by atoms with Gasteiger partial charge in [-0.15, -0.1) is 0 Å². The first-order valence-electron chi connectivity index (χ1n) is 7.31. The molecule has 2 aliphatic rings. The van der Waals surface area contributed by atoms with Gasteiger partial charge in [-0.1, -0.05) is 18.2 Å². The summed E-state index contributed by atoms with van der Waals surface area (Å²) in [5.74, 6) is -0.462. The topological polar surface area (TPSA) is 47.6 Å². The second-order valence-corrected chi connectivity index (χ2v) is 6.76. The van der Waals surface area contributed by atoms with Crippen LogP contribution in [-0.4, -0.2) is 24.2 Å². The van der Waals surface area contributed by atoms with Crippen molar-refractivity contribution in [1.29, 1.82) is 0 Å². The van der Waals surface area contributed by atoms with Crippen molar-refractivity contribution in [1.82, 2.24) is 0 Å². The van der Waals surface area contributed by atoms with Gasteiger partial charge in [0.25, 0.3) is 5.91 Å². The molecule has 0 saturated carbocycles. The summed E-state index contributed by atoms with van der Waals surface area (Å²) in [6.07, 6.45) is 0. The minimum atomic E-state index is -1.17. The lowest BCUT2D eigenvalue weighted by Crippen LogP contribution is -2.41. The van der Waals surface area contributed by atoms with Crippen LogP contribution in [0, 0.1) is 6.92 Å². The molecule has 0 aliphatic carbocycles. The zero-order chi connectivity index (χ0) is 16.3. The van der Waals surface area contributed by atoms with Gasteiger partial charge in [0.1, 0.15) is 5.73 Å². The summed E-state index contributed by atoms with van der Waals surface area (Å²) in [4.78, 5) is 12.2. The van der Waals surface area contributed by atoms with Crippen LogP contribution in [-0.2, 0) is 14.1 Å². The third-order valence-corrected chi connectivity index (χ3v) is 4.71. The number of nitrogens with one attached hydrogen (secondary N) is 1. The van der Waals surface area contributed by atoms with Crippen LogP contribution < -0.4 is 5.32 Å². The van der Waals surface area contributed by atoms with E-state index in [9.17, 15) is 9.18 Å². The number of amides is 1. The highest BCUT2D eigenvalue weighted by Gasteiger charge is 2.54. The van der Waals surface area contributed by atoms with E-state index in [0.29, 0.717) is 11.3 Å². The van der Waals surface area contributed by atoms with Crippen LogP contribution in [0.4, 0.5) is 10.1 Å². The first-order chi connectivity index (χ1) is 10.1. The zero-order valence-electron chi connectivity index (χ0n) is 13.4. The SMILES string of the molecule is Cc1cccc2c1NC(=O)C2=C(F)B1OC(C)(C)C(C)(C)O1. The molecule has 1 aromatic rings. The van der Waals surface area contributed by atoms with Crippen molar-refractivity contribution in [3.05, 3.63) is 35.1 Å². The van der Waals surface area contributed by atoms with E-state index in [1.807, 2.05) is 40.7 Å². The van der Waals surface area contributed by atoms with Crippen LogP contribution in [0.3, 0.4) is 0 Å². The smallest absolute Gasteiger partial charge is 0.398 e. The van der Waals surface area contributed by atoms with E-state index in [1.54, 1.807) is 12.1 Å². The maximum absolute atomic E-state index is 14.9. The Morgan fingerprint density at radius 3 is 2.36 bits per heavy atom. The van der Waals surface area contributed by atoms with Gasteiger partial charge < -0.3 is 14.6 Å². The lowest BCUT2D eigenvalue weighted by molar-refractivity contribution is -0.110. The zero-order valence-corrected chi connectivity index (χ0v) is 13.4. The molecule has 4 nitrogen and oxygen atoms in total. The van der Waals surface area contributed by atoms with Gasteiger partial charge in [-0.2, -0.15) is 0 Å². The van der Waals surface area contributed by atoms with Crippen molar-refractivity contribution >= 4 is 24.3 Å². The van der Waals surface area contributed by atoms with Gasteiger partial charge >= 0.3 is 7.12 Å². The van der Waals surface area contributed by atoms with Crippen LogP contribution >= 0.6 is 0 Å². The molecule has 116 valence electrons. The molecule has 1 amide bonds. The van der Waals surface area contributed by atoms with Gasteiger partial charge in [-0.3, -0.25) is 4.79 Å². The Labute approximate surface area is 129 Å². The maximum atomic E-state index is 14.9. The predicted octanol–water partition coefficient (Wildman–Crippen LogP) is 3.26. The maximum Gasteiger partial charge on any atom is 0.526 e. The number of hydrogen-bond acceptors (Lipinski definition) is 3. The van der Waals surface area contributed by atoms with Crippen molar-refractivity contribution in [3.8, 4) is 0 Å². The molecule has 1 saturated heterocycles. The van der Waals surface area contributed by atoms with Crippen molar-refractivity contribution in [3.63, 3.8) is 0 Å². The van der Waals surface area contributed by atoms with Crippen LogP contribution in [0.15, 0.2) is 23.9 Å². The average molecular weight is 303 g/mol. The third-order valence-electron chi connectivity index (χ3n) is 4.71. The summed E-state index contributed by atoms with van der Waals surface area (Å²) in [5.41, 5.74) is 0.104. The standard InChI is InChI=1S/C16H19BFNO3/c1-9-7-6-8-10-11(14(20)19-12(9)10)13(18)17-21-15(2,3)16(4,5)22-17/h6-8H,1-5H3,(H,19,20). The summed E-state index contributed by atoms with van der Waals surface area (Å²) < 4.78 is 26.3. The predicted molar refractivity (Wildman–Crippen MR) is 83.9 cm³/mol. The van der Waals surface area contributed by atoms with E-state index in [2.05, 4.69) is 5.32 Å². The number of rotatable bonds is 1. The number of aryl methyl sites for hydroxylation is 1. The minimum absolute atomic E-state index is 0.00259. The summed E-state index contributed by atoms with van der Waals surface area (Å²) in [6, 6.07) is 5.39. The second-order valence-electron chi connectivity index (χ2n) is 6.76. The minimum Gasteiger partial charge on any atom is -0.398 e. The Hall–Kier alpha value is -1.66.